The second-order valence-corrected chi connectivity index (χ2v) is 5.32. The first-order valence-electron chi connectivity index (χ1n) is 7.38. The van der Waals surface area contributed by atoms with Crippen LogP contribution in [0.4, 0.5) is 17.6 Å². The van der Waals surface area contributed by atoms with Crippen LogP contribution in [0.25, 0.3) is 11.3 Å². The van der Waals surface area contributed by atoms with E-state index < -0.39 is 23.7 Å². The molecule has 2 aromatic carbocycles. The Hall–Kier alpha value is -3.16. The van der Waals surface area contributed by atoms with Crippen molar-refractivity contribution in [3.05, 3.63) is 71.7 Å². The Morgan fingerprint density at radius 2 is 1.81 bits per heavy atom. The molecule has 0 spiro atoms. The lowest BCUT2D eigenvalue weighted by atomic mass is 10.1. The number of rotatable bonds is 5. The minimum Gasteiger partial charge on any atom is -0.475 e. The molecule has 8 heteroatoms. The lowest BCUT2D eigenvalue weighted by molar-refractivity contribution is -0.137. The fourth-order valence-electron chi connectivity index (χ4n) is 2.23. The number of nitrogens with zero attached hydrogens (tertiary/aromatic N) is 1. The second-order valence-electron chi connectivity index (χ2n) is 5.32. The maximum Gasteiger partial charge on any atom is 0.416 e. The summed E-state index contributed by atoms with van der Waals surface area (Å²) in [6.45, 7) is 0. The first-order chi connectivity index (χ1) is 12.4. The van der Waals surface area contributed by atoms with Gasteiger partial charge in [-0.1, -0.05) is 11.2 Å². The van der Waals surface area contributed by atoms with E-state index in [-0.39, 0.29) is 11.5 Å². The summed E-state index contributed by atoms with van der Waals surface area (Å²) in [5.74, 6) is -0.551. The molecule has 0 saturated heterocycles. The molecule has 3 rings (SSSR count). The van der Waals surface area contributed by atoms with Crippen LogP contribution >= 0.6 is 0 Å². The third-order valence-corrected chi connectivity index (χ3v) is 3.50. The van der Waals surface area contributed by atoms with Crippen molar-refractivity contribution in [2.75, 3.05) is 0 Å². The highest BCUT2D eigenvalue weighted by molar-refractivity contribution is 5.63. The third-order valence-electron chi connectivity index (χ3n) is 3.50. The van der Waals surface area contributed by atoms with Crippen molar-refractivity contribution in [2.24, 2.45) is 0 Å². The van der Waals surface area contributed by atoms with Crippen LogP contribution in [0.5, 0.6) is 5.75 Å². The van der Waals surface area contributed by atoms with E-state index in [9.17, 15) is 22.4 Å². The van der Waals surface area contributed by atoms with Crippen molar-refractivity contribution in [1.29, 1.82) is 0 Å². The van der Waals surface area contributed by atoms with E-state index in [0.717, 1.165) is 12.1 Å². The van der Waals surface area contributed by atoms with Gasteiger partial charge in [0.2, 0.25) is 6.10 Å². The van der Waals surface area contributed by atoms with Crippen LogP contribution in [0.3, 0.4) is 0 Å². The van der Waals surface area contributed by atoms with Crippen LogP contribution in [0.15, 0.2) is 59.1 Å². The molecule has 26 heavy (non-hydrogen) atoms. The summed E-state index contributed by atoms with van der Waals surface area (Å²) in [5.41, 5.74) is -0.0196. The number of aldehydes is 1. The number of carbonyl (C=O) groups excluding carboxylic acids is 1. The molecule has 0 amide bonds. The molecule has 0 aliphatic rings. The second kappa shape index (κ2) is 6.99. The number of halogens is 4. The summed E-state index contributed by atoms with van der Waals surface area (Å²) in [6, 6.07) is 11.0. The number of hydrogen-bond acceptors (Lipinski definition) is 4. The lowest BCUT2D eigenvalue weighted by Crippen LogP contribution is -2.09. The van der Waals surface area contributed by atoms with Gasteiger partial charge in [-0.15, -0.1) is 0 Å². The van der Waals surface area contributed by atoms with Gasteiger partial charge in [0.05, 0.1) is 5.56 Å². The zero-order valence-electron chi connectivity index (χ0n) is 13.0. The Morgan fingerprint density at radius 3 is 2.46 bits per heavy atom. The van der Waals surface area contributed by atoms with Gasteiger partial charge in [0.25, 0.3) is 0 Å². The molecule has 0 radical (unpaired) electrons. The van der Waals surface area contributed by atoms with Crippen molar-refractivity contribution < 1.29 is 31.6 Å². The molecule has 0 aliphatic heterocycles. The van der Waals surface area contributed by atoms with E-state index in [0.29, 0.717) is 17.5 Å². The standard InChI is InChI=1S/C18H11F4NO3/c19-13-6-4-11(5-7-13)15-9-16(26-23-15)17(10-24)25-14-3-1-2-12(8-14)18(20,21)22/h1-10,17H. The van der Waals surface area contributed by atoms with Crippen LogP contribution in [-0.4, -0.2) is 11.4 Å². The minimum absolute atomic E-state index is 0.0109. The Balaban J connectivity index is 1.82. The molecule has 134 valence electrons. The minimum atomic E-state index is -4.53. The number of hydrogen-bond donors (Lipinski definition) is 0. The molecule has 1 unspecified atom stereocenters. The monoisotopic (exact) mass is 365 g/mol. The lowest BCUT2D eigenvalue weighted by Gasteiger charge is -2.12. The summed E-state index contributed by atoms with van der Waals surface area (Å²) < 4.78 is 61.5. The number of ether oxygens (including phenoxy) is 1. The molecule has 1 heterocycles. The maximum atomic E-state index is 13.0. The van der Waals surface area contributed by atoms with E-state index in [1.165, 1.54) is 42.5 Å². The van der Waals surface area contributed by atoms with E-state index in [4.69, 9.17) is 9.26 Å². The average Bonchev–Trinajstić information content (AvgIpc) is 3.10. The molecule has 0 N–H and O–H groups in total. The van der Waals surface area contributed by atoms with Crippen LogP contribution in [0, 0.1) is 5.82 Å². The fourth-order valence-corrected chi connectivity index (χ4v) is 2.23. The van der Waals surface area contributed by atoms with Crippen molar-refractivity contribution in [1.82, 2.24) is 5.16 Å². The van der Waals surface area contributed by atoms with E-state index in [2.05, 4.69) is 5.16 Å². The summed E-state index contributed by atoms with van der Waals surface area (Å²) >= 11 is 0. The highest BCUT2D eigenvalue weighted by atomic mass is 19.4. The van der Waals surface area contributed by atoms with Gasteiger partial charge in [-0.2, -0.15) is 13.2 Å². The molecule has 3 aromatic rings. The molecule has 0 saturated carbocycles. The van der Waals surface area contributed by atoms with Gasteiger partial charge in [0, 0.05) is 11.6 Å². The highest BCUT2D eigenvalue weighted by Crippen LogP contribution is 2.32. The Kier molecular flexibility index (Phi) is 4.75. The Bertz CT molecular complexity index is 903. The van der Waals surface area contributed by atoms with Crippen molar-refractivity contribution in [3.63, 3.8) is 0 Å². The molecule has 0 aliphatic carbocycles. The number of alkyl halides is 3. The fraction of sp³-hybridized carbons (Fsp3) is 0.111. The molecule has 1 aromatic heterocycles. The normalized spacial score (nSPS) is 12.6. The smallest absolute Gasteiger partial charge is 0.416 e. The predicted octanol–water partition coefficient (Wildman–Crippen LogP) is 4.82. The maximum absolute atomic E-state index is 13.0. The zero-order valence-corrected chi connectivity index (χ0v) is 13.0. The van der Waals surface area contributed by atoms with Crippen molar-refractivity contribution >= 4 is 6.29 Å². The van der Waals surface area contributed by atoms with Gasteiger partial charge in [0.15, 0.2) is 12.0 Å². The summed E-state index contributed by atoms with van der Waals surface area (Å²) in [5, 5.41) is 3.77. The van der Waals surface area contributed by atoms with Crippen LogP contribution in [-0.2, 0) is 11.0 Å². The first kappa shape index (κ1) is 17.7. The molecule has 1 atom stereocenters. The van der Waals surface area contributed by atoms with Crippen molar-refractivity contribution in [2.45, 2.75) is 12.3 Å². The quantitative estimate of drug-likeness (QED) is 0.481. The molecule has 0 fully saturated rings. The van der Waals surface area contributed by atoms with E-state index in [1.807, 2.05) is 0 Å². The molecular weight excluding hydrogens is 354 g/mol. The van der Waals surface area contributed by atoms with Crippen LogP contribution < -0.4 is 4.74 Å². The summed E-state index contributed by atoms with van der Waals surface area (Å²) in [6.07, 6.45) is -5.42. The van der Waals surface area contributed by atoms with E-state index >= 15 is 0 Å². The van der Waals surface area contributed by atoms with Gasteiger partial charge in [-0.25, -0.2) is 4.39 Å². The van der Waals surface area contributed by atoms with Gasteiger partial charge in [-0.3, -0.25) is 4.79 Å². The molecule has 0 bridgehead atoms. The predicted molar refractivity (Wildman–Crippen MR) is 82.8 cm³/mol. The average molecular weight is 365 g/mol. The van der Waals surface area contributed by atoms with Crippen molar-refractivity contribution in [3.8, 4) is 17.0 Å². The highest BCUT2D eigenvalue weighted by Gasteiger charge is 2.31. The first-order valence-corrected chi connectivity index (χ1v) is 7.38. The molecular formula is C18H11F4NO3. The SMILES string of the molecule is O=CC(Oc1cccc(C(F)(F)F)c1)c1cc(-c2ccc(F)cc2)no1. The zero-order chi connectivity index (χ0) is 18.7. The number of aromatic nitrogens is 1. The van der Waals surface area contributed by atoms with E-state index in [1.54, 1.807) is 0 Å². The van der Waals surface area contributed by atoms with Gasteiger partial charge >= 0.3 is 6.18 Å². The van der Waals surface area contributed by atoms with Gasteiger partial charge in [0.1, 0.15) is 17.3 Å². The summed E-state index contributed by atoms with van der Waals surface area (Å²) in [4.78, 5) is 11.3. The molecule has 4 nitrogen and oxygen atoms in total. The van der Waals surface area contributed by atoms with Gasteiger partial charge in [-0.05, 0) is 42.5 Å². The third kappa shape index (κ3) is 3.90. The van der Waals surface area contributed by atoms with Crippen LogP contribution in [0.2, 0.25) is 0 Å². The number of benzene rings is 2. The topological polar surface area (TPSA) is 52.3 Å². The van der Waals surface area contributed by atoms with Gasteiger partial charge < -0.3 is 9.26 Å². The summed E-state index contributed by atoms with van der Waals surface area (Å²) in [7, 11) is 0. The largest absolute Gasteiger partial charge is 0.475 e. The number of carbonyl (C=O) groups is 1. The Labute approximate surface area is 145 Å². The van der Waals surface area contributed by atoms with Crippen LogP contribution in [0.1, 0.15) is 17.4 Å². The Morgan fingerprint density at radius 1 is 1.08 bits per heavy atom.